The number of benzene rings is 1. The number of nitrogens with one attached hydrogen (secondary N) is 2. The van der Waals surface area contributed by atoms with Crippen LogP contribution in [-0.4, -0.2) is 27.8 Å². The van der Waals surface area contributed by atoms with Gasteiger partial charge in [-0.1, -0.05) is 23.7 Å². The van der Waals surface area contributed by atoms with E-state index in [-0.39, 0.29) is 18.0 Å². The Bertz CT molecular complexity index is 646. The van der Waals surface area contributed by atoms with E-state index in [1.54, 1.807) is 16.9 Å². The van der Waals surface area contributed by atoms with Crippen molar-refractivity contribution in [2.75, 3.05) is 11.9 Å². The fourth-order valence-corrected chi connectivity index (χ4v) is 2.12. The van der Waals surface area contributed by atoms with Crippen molar-refractivity contribution in [3.8, 4) is 0 Å². The maximum atomic E-state index is 12.0. The number of amides is 1. The Kier molecular flexibility index (Phi) is 5.21. The average Bonchev–Trinajstić information content (AvgIpc) is 2.83. The first-order valence-corrected chi connectivity index (χ1v) is 7.52. The van der Waals surface area contributed by atoms with Gasteiger partial charge >= 0.3 is 0 Å². The van der Waals surface area contributed by atoms with Crippen LogP contribution in [0.15, 0.2) is 36.5 Å². The number of anilines is 1. The summed E-state index contributed by atoms with van der Waals surface area (Å²) in [6.45, 7) is 6.86. The van der Waals surface area contributed by atoms with Gasteiger partial charge in [0.1, 0.15) is 5.82 Å². The number of carbonyl (C=O) groups excluding carboxylic acids is 1. The summed E-state index contributed by atoms with van der Waals surface area (Å²) < 4.78 is 1.74. The Labute approximate surface area is 135 Å². The lowest BCUT2D eigenvalue weighted by Crippen LogP contribution is -2.41. The van der Waals surface area contributed by atoms with Crippen LogP contribution in [0.25, 0.3) is 0 Å². The van der Waals surface area contributed by atoms with E-state index in [1.807, 2.05) is 45.0 Å². The van der Waals surface area contributed by atoms with Crippen molar-refractivity contribution in [1.82, 2.24) is 15.1 Å². The van der Waals surface area contributed by atoms with Gasteiger partial charge in [-0.3, -0.25) is 4.79 Å². The minimum Gasteiger partial charge on any atom is -0.310 e. The van der Waals surface area contributed by atoms with Crippen LogP contribution < -0.4 is 10.6 Å². The zero-order valence-electron chi connectivity index (χ0n) is 13.1. The maximum Gasteiger partial charge on any atom is 0.239 e. The van der Waals surface area contributed by atoms with Gasteiger partial charge in [-0.25, -0.2) is 4.68 Å². The molecule has 0 aliphatic rings. The van der Waals surface area contributed by atoms with Crippen LogP contribution in [-0.2, 0) is 11.3 Å². The van der Waals surface area contributed by atoms with Gasteiger partial charge in [0.05, 0.1) is 19.3 Å². The molecular formula is C16H21ClN4O. The van der Waals surface area contributed by atoms with Crippen molar-refractivity contribution in [3.63, 3.8) is 0 Å². The fraction of sp³-hybridized carbons (Fsp3) is 0.375. The zero-order chi connectivity index (χ0) is 16.2. The number of aromatic nitrogens is 2. The second-order valence-electron chi connectivity index (χ2n) is 6.16. The molecule has 0 saturated carbocycles. The standard InChI is InChI=1S/C16H21ClN4O/c1-16(2,3)18-10-15(22)20-14-7-8-19-21(14)11-12-5-4-6-13(17)9-12/h4-9,18H,10-11H2,1-3H3,(H,20,22). The van der Waals surface area contributed by atoms with E-state index in [0.717, 1.165) is 5.56 Å². The second kappa shape index (κ2) is 6.94. The van der Waals surface area contributed by atoms with Crippen molar-refractivity contribution < 1.29 is 4.79 Å². The molecule has 2 N–H and O–H groups in total. The summed E-state index contributed by atoms with van der Waals surface area (Å²) in [5, 5.41) is 10.9. The van der Waals surface area contributed by atoms with Crippen LogP contribution in [0.3, 0.4) is 0 Å². The first kappa shape index (κ1) is 16.5. The van der Waals surface area contributed by atoms with Crippen LogP contribution in [0.5, 0.6) is 0 Å². The summed E-state index contributed by atoms with van der Waals surface area (Å²) in [7, 11) is 0. The van der Waals surface area contributed by atoms with E-state index < -0.39 is 0 Å². The molecule has 0 bridgehead atoms. The lowest BCUT2D eigenvalue weighted by molar-refractivity contribution is -0.115. The minimum absolute atomic E-state index is 0.0947. The van der Waals surface area contributed by atoms with Crippen LogP contribution in [0.1, 0.15) is 26.3 Å². The molecule has 5 nitrogen and oxygen atoms in total. The SMILES string of the molecule is CC(C)(C)NCC(=O)Nc1ccnn1Cc1cccc(Cl)c1. The third-order valence-electron chi connectivity index (χ3n) is 2.98. The molecule has 2 aromatic rings. The Morgan fingerprint density at radius 3 is 2.77 bits per heavy atom. The van der Waals surface area contributed by atoms with Gasteiger partial charge in [0.15, 0.2) is 0 Å². The molecule has 0 radical (unpaired) electrons. The molecule has 22 heavy (non-hydrogen) atoms. The summed E-state index contributed by atoms with van der Waals surface area (Å²) in [5.41, 5.74) is 0.928. The van der Waals surface area contributed by atoms with Gasteiger partial charge in [-0.2, -0.15) is 5.10 Å². The normalized spacial score (nSPS) is 11.5. The second-order valence-corrected chi connectivity index (χ2v) is 6.59. The Morgan fingerprint density at radius 1 is 1.32 bits per heavy atom. The van der Waals surface area contributed by atoms with Gasteiger partial charge < -0.3 is 10.6 Å². The van der Waals surface area contributed by atoms with Crippen molar-refractivity contribution in [3.05, 3.63) is 47.1 Å². The molecule has 0 spiro atoms. The molecule has 1 heterocycles. The topological polar surface area (TPSA) is 59.0 Å². The van der Waals surface area contributed by atoms with Gasteiger partial charge in [-0.15, -0.1) is 0 Å². The maximum absolute atomic E-state index is 12.0. The molecule has 1 amide bonds. The smallest absolute Gasteiger partial charge is 0.239 e. The van der Waals surface area contributed by atoms with Crippen molar-refractivity contribution >= 4 is 23.3 Å². The van der Waals surface area contributed by atoms with E-state index in [9.17, 15) is 4.79 Å². The third kappa shape index (κ3) is 5.16. The minimum atomic E-state index is -0.0988. The van der Waals surface area contributed by atoms with E-state index in [4.69, 9.17) is 11.6 Å². The molecule has 2 rings (SSSR count). The van der Waals surface area contributed by atoms with Crippen LogP contribution in [0.2, 0.25) is 5.02 Å². The summed E-state index contributed by atoms with van der Waals surface area (Å²) in [5.74, 6) is 0.573. The van der Waals surface area contributed by atoms with Gasteiger partial charge in [0, 0.05) is 16.6 Å². The monoisotopic (exact) mass is 320 g/mol. The largest absolute Gasteiger partial charge is 0.310 e. The highest BCUT2D eigenvalue weighted by Gasteiger charge is 2.13. The molecule has 0 saturated heterocycles. The van der Waals surface area contributed by atoms with Crippen LogP contribution >= 0.6 is 11.6 Å². The lowest BCUT2D eigenvalue weighted by Gasteiger charge is -2.20. The molecule has 0 atom stereocenters. The molecule has 0 fully saturated rings. The van der Waals surface area contributed by atoms with Gasteiger partial charge in [0.25, 0.3) is 0 Å². The predicted octanol–water partition coefficient (Wildman–Crippen LogP) is 2.91. The summed E-state index contributed by atoms with van der Waals surface area (Å²) >= 11 is 5.99. The molecule has 0 aliphatic heterocycles. The summed E-state index contributed by atoms with van der Waals surface area (Å²) in [4.78, 5) is 12.0. The van der Waals surface area contributed by atoms with Crippen LogP contribution in [0, 0.1) is 0 Å². The first-order valence-electron chi connectivity index (χ1n) is 7.15. The van der Waals surface area contributed by atoms with Crippen molar-refractivity contribution in [2.24, 2.45) is 0 Å². The number of hydrogen-bond donors (Lipinski definition) is 2. The van der Waals surface area contributed by atoms with Crippen molar-refractivity contribution in [2.45, 2.75) is 32.9 Å². The number of carbonyl (C=O) groups is 1. The van der Waals surface area contributed by atoms with E-state index in [2.05, 4.69) is 15.7 Å². The molecule has 1 aromatic heterocycles. The van der Waals surface area contributed by atoms with Gasteiger partial charge in [-0.05, 0) is 38.5 Å². The quantitative estimate of drug-likeness (QED) is 0.890. The highest BCUT2D eigenvalue weighted by molar-refractivity contribution is 6.30. The van der Waals surface area contributed by atoms with Crippen molar-refractivity contribution in [1.29, 1.82) is 0 Å². The fourth-order valence-electron chi connectivity index (χ4n) is 1.91. The Balaban J connectivity index is 1.99. The Morgan fingerprint density at radius 2 is 2.09 bits per heavy atom. The number of halogens is 1. The molecule has 118 valence electrons. The number of rotatable bonds is 5. The highest BCUT2D eigenvalue weighted by Crippen LogP contribution is 2.14. The Hall–Kier alpha value is -1.85. The highest BCUT2D eigenvalue weighted by atomic mass is 35.5. The summed E-state index contributed by atoms with van der Waals surface area (Å²) in [6.07, 6.45) is 1.66. The molecule has 1 aromatic carbocycles. The average molecular weight is 321 g/mol. The van der Waals surface area contributed by atoms with Gasteiger partial charge in [0.2, 0.25) is 5.91 Å². The first-order chi connectivity index (χ1) is 10.3. The number of hydrogen-bond acceptors (Lipinski definition) is 3. The zero-order valence-corrected chi connectivity index (χ0v) is 13.8. The molecule has 6 heteroatoms. The lowest BCUT2D eigenvalue weighted by atomic mass is 10.1. The van der Waals surface area contributed by atoms with E-state index in [0.29, 0.717) is 17.4 Å². The van der Waals surface area contributed by atoms with E-state index >= 15 is 0 Å². The number of nitrogens with zero attached hydrogens (tertiary/aromatic N) is 2. The summed E-state index contributed by atoms with van der Waals surface area (Å²) in [6, 6.07) is 9.36. The van der Waals surface area contributed by atoms with E-state index in [1.165, 1.54) is 0 Å². The molecule has 0 aliphatic carbocycles. The predicted molar refractivity (Wildman–Crippen MR) is 89.2 cm³/mol. The molecule has 0 unspecified atom stereocenters. The third-order valence-corrected chi connectivity index (χ3v) is 3.22. The van der Waals surface area contributed by atoms with Crippen LogP contribution in [0.4, 0.5) is 5.82 Å². The molecular weight excluding hydrogens is 300 g/mol.